The van der Waals surface area contributed by atoms with Crippen molar-refractivity contribution in [1.82, 2.24) is 0 Å². The van der Waals surface area contributed by atoms with Crippen molar-refractivity contribution >= 4 is 21.9 Å². The molecule has 0 aliphatic carbocycles. The van der Waals surface area contributed by atoms with Gasteiger partial charge in [-0.2, -0.15) is 0 Å². The standard InChI is InChI=1S/C24H26O6/c1-11(2)7-8-14-20-16(18(26)13-9-10-15(25)19(27)22(13)30-20)23-17(21(14)28-6)24(4,5)12(3)29-23/h7,9-10,12,25,27H,8H2,1-6H3. The van der Waals surface area contributed by atoms with Gasteiger partial charge in [-0.05, 0) is 39.3 Å². The molecule has 6 heteroatoms. The van der Waals surface area contributed by atoms with Crippen molar-refractivity contribution in [1.29, 1.82) is 0 Å². The molecule has 0 amide bonds. The molecule has 1 unspecified atom stereocenters. The van der Waals surface area contributed by atoms with Crippen LogP contribution in [0.2, 0.25) is 0 Å². The zero-order chi connectivity index (χ0) is 22.0. The van der Waals surface area contributed by atoms with Gasteiger partial charge in [-0.25, -0.2) is 0 Å². The molecule has 6 nitrogen and oxygen atoms in total. The number of aromatic hydroxyl groups is 2. The average Bonchev–Trinajstić information content (AvgIpc) is 2.92. The largest absolute Gasteiger partial charge is 0.504 e. The summed E-state index contributed by atoms with van der Waals surface area (Å²) in [7, 11) is 1.59. The zero-order valence-electron chi connectivity index (χ0n) is 18.0. The van der Waals surface area contributed by atoms with Crippen molar-refractivity contribution in [2.45, 2.75) is 52.6 Å². The highest BCUT2D eigenvalue weighted by atomic mass is 16.5. The second kappa shape index (κ2) is 6.69. The average molecular weight is 410 g/mol. The molecule has 1 atom stereocenters. The molecule has 0 bridgehead atoms. The van der Waals surface area contributed by atoms with Crippen LogP contribution in [0.5, 0.6) is 23.0 Å². The number of fused-ring (bicyclic) bond motifs is 4. The number of rotatable bonds is 3. The Kier molecular flexibility index (Phi) is 4.49. The van der Waals surface area contributed by atoms with E-state index in [1.54, 1.807) is 7.11 Å². The summed E-state index contributed by atoms with van der Waals surface area (Å²) in [5.74, 6) is 0.263. The number of methoxy groups -OCH3 is 1. The molecule has 30 heavy (non-hydrogen) atoms. The Morgan fingerprint density at radius 1 is 1.23 bits per heavy atom. The maximum absolute atomic E-state index is 13.5. The van der Waals surface area contributed by atoms with Crippen LogP contribution in [0.15, 0.2) is 33.0 Å². The maximum Gasteiger partial charge on any atom is 0.204 e. The van der Waals surface area contributed by atoms with Gasteiger partial charge >= 0.3 is 0 Å². The minimum atomic E-state index is -0.464. The lowest BCUT2D eigenvalue weighted by Crippen LogP contribution is -2.29. The second-order valence-electron chi connectivity index (χ2n) is 8.63. The summed E-state index contributed by atoms with van der Waals surface area (Å²) in [6, 6.07) is 2.73. The summed E-state index contributed by atoms with van der Waals surface area (Å²) >= 11 is 0. The minimum absolute atomic E-state index is 0.0572. The summed E-state index contributed by atoms with van der Waals surface area (Å²) in [6.07, 6.45) is 2.34. The monoisotopic (exact) mass is 410 g/mol. The van der Waals surface area contributed by atoms with E-state index in [1.165, 1.54) is 12.1 Å². The lowest BCUT2D eigenvalue weighted by atomic mass is 9.79. The first-order valence-electron chi connectivity index (χ1n) is 9.94. The van der Waals surface area contributed by atoms with Gasteiger partial charge in [0.05, 0.1) is 12.5 Å². The highest BCUT2D eigenvalue weighted by Crippen LogP contribution is 2.53. The molecule has 0 spiro atoms. The lowest BCUT2D eigenvalue weighted by molar-refractivity contribution is 0.186. The molecule has 2 N–H and O–H groups in total. The third-order valence-electron chi connectivity index (χ3n) is 6.12. The summed E-state index contributed by atoms with van der Waals surface area (Å²) in [6.45, 7) is 10.1. The number of allylic oxidation sites excluding steroid dienone is 2. The lowest BCUT2D eigenvalue weighted by Gasteiger charge is -2.24. The van der Waals surface area contributed by atoms with Crippen LogP contribution in [0.1, 0.15) is 45.7 Å². The number of phenols is 2. The number of hydrogen-bond donors (Lipinski definition) is 2. The molecule has 158 valence electrons. The van der Waals surface area contributed by atoms with Crippen LogP contribution in [0, 0.1) is 0 Å². The van der Waals surface area contributed by atoms with E-state index in [1.807, 2.05) is 26.8 Å². The summed E-state index contributed by atoms with van der Waals surface area (Å²) in [5.41, 5.74) is 2.20. The minimum Gasteiger partial charge on any atom is -0.504 e. The molecule has 2 heterocycles. The fourth-order valence-electron chi connectivity index (χ4n) is 4.08. The Balaban J connectivity index is 2.27. The molecule has 4 rings (SSSR count). The molecular formula is C24H26O6. The third-order valence-corrected chi connectivity index (χ3v) is 6.12. The van der Waals surface area contributed by atoms with Crippen LogP contribution in [0.3, 0.4) is 0 Å². The molecule has 0 saturated carbocycles. The van der Waals surface area contributed by atoms with Crippen LogP contribution in [-0.2, 0) is 11.8 Å². The fraction of sp³-hybridized carbons (Fsp3) is 0.375. The molecular weight excluding hydrogens is 384 g/mol. The van der Waals surface area contributed by atoms with Crippen LogP contribution in [0.4, 0.5) is 0 Å². The van der Waals surface area contributed by atoms with E-state index in [-0.39, 0.29) is 33.7 Å². The van der Waals surface area contributed by atoms with E-state index in [0.717, 1.165) is 11.1 Å². The van der Waals surface area contributed by atoms with Crippen molar-refractivity contribution in [3.8, 4) is 23.0 Å². The summed E-state index contributed by atoms with van der Waals surface area (Å²) < 4.78 is 18.1. The Labute approximate surface area is 174 Å². The number of ether oxygens (including phenoxy) is 2. The zero-order valence-corrected chi connectivity index (χ0v) is 18.0. The molecule has 1 aromatic heterocycles. The first-order valence-corrected chi connectivity index (χ1v) is 9.94. The molecule has 1 aliphatic rings. The van der Waals surface area contributed by atoms with Gasteiger partial charge in [0, 0.05) is 16.5 Å². The highest BCUT2D eigenvalue weighted by Gasteiger charge is 2.44. The molecule has 3 aromatic rings. The van der Waals surface area contributed by atoms with Gasteiger partial charge in [-0.3, -0.25) is 4.79 Å². The van der Waals surface area contributed by atoms with Crippen LogP contribution in [-0.4, -0.2) is 23.4 Å². The van der Waals surface area contributed by atoms with E-state index in [4.69, 9.17) is 13.9 Å². The number of benzene rings is 2. The molecule has 0 saturated heterocycles. The van der Waals surface area contributed by atoms with Gasteiger partial charge in [0.2, 0.25) is 11.2 Å². The predicted molar refractivity (Wildman–Crippen MR) is 116 cm³/mol. The van der Waals surface area contributed by atoms with Crippen molar-refractivity contribution < 1.29 is 24.1 Å². The van der Waals surface area contributed by atoms with E-state index in [9.17, 15) is 15.0 Å². The first kappa shape index (κ1) is 20.1. The van der Waals surface area contributed by atoms with Crippen LogP contribution in [0.25, 0.3) is 21.9 Å². The number of phenolic OH excluding ortho intramolecular Hbond substituents is 2. The fourth-order valence-corrected chi connectivity index (χ4v) is 4.08. The van der Waals surface area contributed by atoms with Gasteiger partial charge in [0.1, 0.15) is 28.6 Å². The topological polar surface area (TPSA) is 89.1 Å². The Hall–Kier alpha value is -3.15. The summed E-state index contributed by atoms with van der Waals surface area (Å²) in [5, 5.41) is 20.8. The van der Waals surface area contributed by atoms with Crippen molar-refractivity contribution in [3.05, 3.63) is 45.1 Å². The Bertz CT molecular complexity index is 1280. The molecule has 0 radical (unpaired) electrons. The SMILES string of the molecule is COc1c2c(c3c(=O)c4ccc(O)c(O)c4oc3c1CC=C(C)C)OC(C)C2(C)C. The third kappa shape index (κ3) is 2.66. The Morgan fingerprint density at radius 3 is 2.57 bits per heavy atom. The Morgan fingerprint density at radius 2 is 1.93 bits per heavy atom. The van der Waals surface area contributed by atoms with Crippen LogP contribution >= 0.6 is 0 Å². The quantitative estimate of drug-likeness (QED) is 0.361. The van der Waals surface area contributed by atoms with E-state index in [0.29, 0.717) is 34.5 Å². The van der Waals surface area contributed by atoms with Gasteiger partial charge in [0.15, 0.2) is 11.3 Å². The summed E-state index contributed by atoms with van der Waals surface area (Å²) in [4.78, 5) is 13.5. The normalized spacial score (nSPS) is 17.1. The molecule has 2 aromatic carbocycles. The van der Waals surface area contributed by atoms with Gasteiger partial charge in [-0.15, -0.1) is 0 Å². The number of hydrogen-bond acceptors (Lipinski definition) is 6. The molecule has 1 aliphatic heterocycles. The van der Waals surface area contributed by atoms with Gasteiger partial charge in [0.25, 0.3) is 0 Å². The smallest absolute Gasteiger partial charge is 0.204 e. The van der Waals surface area contributed by atoms with Crippen molar-refractivity contribution in [2.24, 2.45) is 0 Å². The highest BCUT2D eigenvalue weighted by molar-refractivity contribution is 6.00. The van der Waals surface area contributed by atoms with Crippen molar-refractivity contribution in [2.75, 3.05) is 7.11 Å². The second-order valence-corrected chi connectivity index (χ2v) is 8.63. The first-order chi connectivity index (χ1) is 14.1. The van der Waals surface area contributed by atoms with E-state index >= 15 is 0 Å². The van der Waals surface area contributed by atoms with Crippen LogP contribution < -0.4 is 14.9 Å². The predicted octanol–water partition coefficient (Wildman–Crippen LogP) is 4.93. The molecule has 0 fully saturated rings. The van der Waals surface area contributed by atoms with Crippen molar-refractivity contribution in [3.63, 3.8) is 0 Å². The van der Waals surface area contributed by atoms with E-state index < -0.39 is 5.75 Å². The van der Waals surface area contributed by atoms with E-state index in [2.05, 4.69) is 13.8 Å². The van der Waals surface area contributed by atoms with Gasteiger partial charge in [-0.1, -0.05) is 25.5 Å². The maximum atomic E-state index is 13.5. The van der Waals surface area contributed by atoms with Gasteiger partial charge < -0.3 is 24.1 Å².